The van der Waals surface area contributed by atoms with Gasteiger partial charge in [0.05, 0.1) is 0 Å². The molecule has 0 atom stereocenters. The van der Waals surface area contributed by atoms with E-state index in [1.54, 1.807) is 0 Å². The van der Waals surface area contributed by atoms with Gasteiger partial charge in [-0.25, -0.2) is 0 Å². The smallest absolute Gasteiger partial charge is 0.303 e. The fraction of sp³-hybridized carbons (Fsp3) is 0.600. The van der Waals surface area contributed by atoms with Gasteiger partial charge in [-0.2, -0.15) is 0 Å². The Kier molecular flexibility index (Phi) is 10.00. The molecule has 0 fully saturated rings. The molecule has 0 spiro atoms. The van der Waals surface area contributed by atoms with Crippen molar-refractivity contribution in [2.45, 2.75) is 19.3 Å². The van der Waals surface area contributed by atoms with Gasteiger partial charge in [0, 0.05) is 61.7 Å². The van der Waals surface area contributed by atoms with Crippen LogP contribution >= 0.6 is 0 Å². The number of rotatable bonds is 4. The zero-order chi connectivity index (χ0) is 7.28. The van der Waals surface area contributed by atoms with Gasteiger partial charge in [-0.1, -0.05) is 0 Å². The van der Waals surface area contributed by atoms with Crippen LogP contribution in [0, 0.1) is 0 Å². The van der Waals surface area contributed by atoms with Crippen molar-refractivity contribution in [3.8, 4) is 0 Å². The fourth-order valence-corrected chi connectivity index (χ4v) is 0.391. The Morgan fingerprint density at radius 2 is 1.30 bits per heavy atom. The normalized spacial score (nSPS) is 8.00. The van der Waals surface area contributed by atoms with Crippen LogP contribution in [0.25, 0.3) is 0 Å². The summed E-state index contributed by atoms with van der Waals surface area (Å²) in [7, 11) is 0. The number of carboxylic acids is 2. The van der Waals surface area contributed by atoms with Crippen molar-refractivity contribution in [1.82, 2.24) is 0 Å². The Morgan fingerprint density at radius 3 is 1.50 bits per heavy atom. The Bertz CT molecular complexity index is 109. The van der Waals surface area contributed by atoms with E-state index in [1.807, 2.05) is 0 Å². The van der Waals surface area contributed by atoms with Gasteiger partial charge < -0.3 is 10.2 Å². The summed E-state index contributed by atoms with van der Waals surface area (Å²) in [5, 5.41) is 16.1. The maximum atomic E-state index is 9.79. The molecular formula is C5H8BaO4. The Morgan fingerprint density at radius 1 is 1.00 bits per heavy atom. The van der Waals surface area contributed by atoms with E-state index in [-0.39, 0.29) is 68.1 Å². The summed E-state index contributed by atoms with van der Waals surface area (Å²) < 4.78 is 0. The van der Waals surface area contributed by atoms with Gasteiger partial charge in [-0.05, 0) is 6.42 Å². The third-order valence-electron chi connectivity index (χ3n) is 0.781. The van der Waals surface area contributed by atoms with Crippen LogP contribution in [0.1, 0.15) is 19.3 Å². The van der Waals surface area contributed by atoms with Crippen molar-refractivity contribution < 1.29 is 19.8 Å². The van der Waals surface area contributed by atoms with Crippen LogP contribution in [-0.4, -0.2) is 71.0 Å². The van der Waals surface area contributed by atoms with E-state index in [0.29, 0.717) is 0 Å². The minimum atomic E-state index is -0.948. The van der Waals surface area contributed by atoms with Crippen LogP contribution in [0.3, 0.4) is 0 Å². The van der Waals surface area contributed by atoms with E-state index >= 15 is 0 Å². The van der Waals surface area contributed by atoms with E-state index in [0.717, 1.165) is 0 Å². The van der Waals surface area contributed by atoms with Gasteiger partial charge in [0.25, 0.3) is 0 Å². The van der Waals surface area contributed by atoms with E-state index in [4.69, 9.17) is 10.2 Å². The second-order valence-corrected chi connectivity index (χ2v) is 1.64. The Balaban J connectivity index is 0. The number of hydrogen-bond donors (Lipinski definition) is 2. The van der Waals surface area contributed by atoms with E-state index in [9.17, 15) is 9.59 Å². The summed E-state index contributed by atoms with van der Waals surface area (Å²) in [4.78, 5) is 19.6. The molecule has 0 unspecified atom stereocenters. The quantitative estimate of drug-likeness (QED) is 0.702. The van der Waals surface area contributed by atoms with Crippen LogP contribution in [0.2, 0.25) is 0 Å². The van der Waals surface area contributed by atoms with E-state index < -0.39 is 11.9 Å². The first-order valence-corrected chi connectivity index (χ1v) is 2.56. The average Bonchev–Trinajstić information content (AvgIpc) is 1.63. The molecule has 0 heterocycles. The molecule has 4 nitrogen and oxygen atoms in total. The molecule has 2 N–H and O–H groups in total. The molecule has 0 aliphatic heterocycles. The number of hydrogen-bond acceptors (Lipinski definition) is 2. The van der Waals surface area contributed by atoms with Crippen molar-refractivity contribution in [2.75, 3.05) is 0 Å². The van der Waals surface area contributed by atoms with Crippen LogP contribution in [-0.2, 0) is 9.59 Å². The summed E-state index contributed by atoms with van der Waals surface area (Å²) in [5.74, 6) is -1.90. The largest absolute Gasteiger partial charge is 0.481 e. The molecule has 5 heteroatoms. The van der Waals surface area contributed by atoms with Crippen LogP contribution in [0.4, 0.5) is 0 Å². The fourth-order valence-electron chi connectivity index (χ4n) is 0.391. The first kappa shape index (κ1) is 13.1. The Hall–Kier alpha value is 0.511. The minimum Gasteiger partial charge on any atom is -0.481 e. The average molecular weight is 269 g/mol. The maximum Gasteiger partial charge on any atom is 0.303 e. The molecule has 54 valence electrons. The monoisotopic (exact) mass is 270 g/mol. The molecule has 0 aromatic rings. The molecule has 0 aliphatic rings. The van der Waals surface area contributed by atoms with Crippen LogP contribution < -0.4 is 0 Å². The SMILES string of the molecule is O=C(O)CCCC(=O)O.[Ba]. The zero-order valence-electron chi connectivity index (χ0n) is 5.54. The number of aliphatic carboxylic acids is 2. The van der Waals surface area contributed by atoms with Gasteiger partial charge in [-0.3, -0.25) is 9.59 Å². The topological polar surface area (TPSA) is 74.6 Å². The zero-order valence-corrected chi connectivity index (χ0v) is 9.98. The second-order valence-electron chi connectivity index (χ2n) is 1.64. The summed E-state index contributed by atoms with van der Waals surface area (Å²) in [6.07, 6.45) is 0.0866. The van der Waals surface area contributed by atoms with Gasteiger partial charge in [0.1, 0.15) is 0 Å². The van der Waals surface area contributed by atoms with Gasteiger partial charge in [-0.15, -0.1) is 0 Å². The molecule has 0 aliphatic carbocycles. The standard InChI is InChI=1S/C5H8O4.Ba/c6-4(7)2-1-3-5(8)9;/h1-3H2,(H,6,7)(H,8,9);. The van der Waals surface area contributed by atoms with Crippen LogP contribution in [0.15, 0.2) is 0 Å². The molecule has 0 amide bonds. The maximum absolute atomic E-state index is 9.79. The summed E-state index contributed by atoms with van der Waals surface area (Å²) in [5.41, 5.74) is 0. The minimum absolute atomic E-state index is 0. The molecule has 0 saturated carbocycles. The summed E-state index contributed by atoms with van der Waals surface area (Å²) in [6, 6.07) is 0. The molecular weight excluding hydrogens is 261 g/mol. The van der Waals surface area contributed by atoms with Gasteiger partial charge in [0.2, 0.25) is 0 Å². The van der Waals surface area contributed by atoms with Gasteiger partial charge in [0.15, 0.2) is 0 Å². The van der Waals surface area contributed by atoms with Crippen molar-refractivity contribution >= 4 is 60.8 Å². The molecule has 0 aromatic carbocycles. The predicted octanol–water partition coefficient (Wildman–Crippen LogP) is -0.0549. The van der Waals surface area contributed by atoms with Crippen LogP contribution in [0.5, 0.6) is 0 Å². The molecule has 2 radical (unpaired) electrons. The third-order valence-corrected chi connectivity index (χ3v) is 0.781. The first-order chi connectivity index (χ1) is 4.13. The molecule has 0 rings (SSSR count). The first-order valence-electron chi connectivity index (χ1n) is 2.56. The molecule has 0 saturated heterocycles. The van der Waals surface area contributed by atoms with Crippen molar-refractivity contribution in [1.29, 1.82) is 0 Å². The molecule has 10 heavy (non-hydrogen) atoms. The van der Waals surface area contributed by atoms with E-state index in [1.165, 1.54) is 0 Å². The predicted molar refractivity (Wildman–Crippen MR) is 34.9 cm³/mol. The molecule has 0 aromatic heterocycles. The third kappa shape index (κ3) is 11.3. The molecule has 0 bridgehead atoms. The summed E-state index contributed by atoms with van der Waals surface area (Å²) in [6.45, 7) is 0. The second kappa shape index (κ2) is 7.62. The van der Waals surface area contributed by atoms with E-state index in [2.05, 4.69) is 0 Å². The summed E-state index contributed by atoms with van der Waals surface area (Å²) >= 11 is 0. The Labute approximate surface area is 98.7 Å². The number of carbonyl (C=O) groups is 2. The van der Waals surface area contributed by atoms with Gasteiger partial charge >= 0.3 is 11.9 Å². The van der Waals surface area contributed by atoms with Crippen molar-refractivity contribution in [3.63, 3.8) is 0 Å². The van der Waals surface area contributed by atoms with Crippen molar-refractivity contribution in [3.05, 3.63) is 0 Å². The number of carboxylic acid groups (broad SMARTS) is 2. The van der Waals surface area contributed by atoms with Crippen molar-refractivity contribution in [2.24, 2.45) is 0 Å².